The van der Waals surface area contributed by atoms with Crippen LogP contribution in [-0.4, -0.2) is 66.4 Å². The fourth-order valence-electron chi connectivity index (χ4n) is 5.01. The molecule has 4 heterocycles. The van der Waals surface area contributed by atoms with E-state index in [1.165, 1.54) is 6.92 Å². The largest absolute Gasteiger partial charge is 0.424 e. The molecular formula is C32H41ClN6O4Si. The first kappa shape index (κ1) is 31.9. The van der Waals surface area contributed by atoms with Crippen LogP contribution in [0.4, 0.5) is 5.69 Å². The van der Waals surface area contributed by atoms with Gasteiger partial charge in [-0.05, 0) is 50.2 Å². The SMILES string of the molecule is CC(=O)NC(C)(C)c1ccc(Oc2nc3cc(Cl)c(-c4ccc(N5CCOCC5)cc4)nc3n2COCC[Si](C)(C)C)cn1. The maximum atomic E-state index is 11.6. The predicted octanol–water partition coefficient (Wildman–Crippen LogP) is 6.46. The first-order valence-corrected chi connectivity index (χ1v) is 19.0. The lowest BCUT2D eigenvalue weighted by molar-refractivity contribution is -0.120. The number of aromatic nitrogens is 4. The first-order chi connectivity index (χ1) is 20.9. The van der Waals surface area contributed by atoms with Crippen LogP contribution in [0.25, 0.3) is 22.4 Å². The molecule has 0 radical (unpaired) electrons. The summed E-state index contributed by atoms with van der Waals surface area (Å²) in [5, 5.41) is 3.41. The molecule has 0 saturated carbocycles. The van der Waals surface area contributed by atoms with Crippen molar-refractivity contribution < 1.29 is 19.0 Å². The van der Waals surface area contributed by atoms with Gasteiger partial charge in [0.1, 0.15) is 18.0 Å². The van der Waals surface area contributed by atoms with E-state index in [2.05, 4.69) is 47.0 Å². The molecule has 44 heavy (non-hydrogen) atoms. The van der Waals surface area contributed by atoms with Crippen LogP contribution in [0.15, 0.2) is 48.7 Å². The summed E-state index contributed by atoms with van der Waals surface area (Å²) in [6.07, 6.45) is 1.62. The summed E-state index contributed by atoms with van der Waals surface area (Å²) in [4.78, 5) is 28.2. The van der Waals surface area contributed by atoms with E-state index in [-0.39, 0.29) is 12.6 Å². The Labute approximate surface area is 264 Å². The number of rotatable bonds is 11. The van der Waals surface area contributed by atoms with Gasteiger partial charge in [0, 0.05) is 45.9 Å². The third-order valence-corrected chi connectivity index (χ3v) is 9.44. The molecule has 12 heteroatoms. The molecule has 5 rings (SSSR count). The van der Waals surface area contributed by atoms with Gasteiger partial charge < -0.3 is 24.4 Å². The van der Waals surface area contributed by atoms with Crippen molar-refractivity contribution in [3.05, 3.63) is 59.4 Å². The summed E-state index contributed by atoms with van der Waals surface area (Å²) in [6.45, 7) is 16.3. The molecule has 1 aliphatic rings. The summed E-state index contributed by atoms with van der Waals surface area (Å²) in [5.41, 5.74) is 4.01. The number of benzene rings is 1. The Morgan fingerprint density at radius 2 is 1.82 bits per heavy atom. The summed E-state index contributed by atoms with van der Waals surface area (Å²) in [5.74, 6) is 0.370. The van der Waals surface area contributed by atoms with Crippen LogP contribution in [0.2, 0.25) is 30.7 Å². The van der Waals surface area contributed by atoms with Gasteiger partial charge in [0.25, 0.3) is 0 Å². The molecule has 0 aliphatic carbocycles. The zero-order valence-electron chi connectivity index (χ0n) is 26.3. The normalized spacial score (nSPS) is 14.2. The van der Waals surface area contributed by atoms with Crippen LogP contribution in [0.5, 0.6) is 11.8 Å². The Bertz CT molecular complexity index is 1600. The molecule has 4 aromatic rings. The van der Waals surface area contributed by atoms with Gasteiger partial charge >= 0.3 is 6.01 Å². The minimum absolute atomic E-state index is 0.126. The van der Waals surface area contributed by atoms with Crippen LogP contribution in [0, 0.1) is 0 Å². The number of morpholine rings is 1. The van der Waals surface area contributed by atoms with Crippen molar-refractivity contribution in [2.45, 2.75) is 58.7 Å². The third-order valence-electron chi connectivity index (χ3n) is 7.45. The summed E-state index contributed by atoms with van der Waals surface area (Å²) >= 11 is 6.77. The number of hydrogen-bond donors (Lipinski definition) is 1. The van der Waals surface area contributed by atoms with Gasteiger partial charge in [0.05, 0.1) is 41.4 Å². The molecule has 1 fully saturated rings. The number of ether oxygens (including phenoxy) is 3. The number of anilines is 1. The predicted molar refractivity (Wildman–Crippen MR) is 176 cm³/mol. The molecular weight excluding hydrogens is 596 g/mol. The molecule has 0 atom stereocenters. The van der Waals surface area contributed by atoms with E-state index in [9.17, 15) is 4.79 Å². The molecule has 1 amide bonds. The minimum Gasteiger partial charge on any atom is -0.424 e. The molecule has 0 unspecified atom stereocenters. The molecule has 1 aromatic carbocycles. The third kappa shape index (κ3) is 7.76. The molecule has 3 aromatic heterocycles. The van der Waals surface area contributed by atoms with E-state index in [0.29, 0.717) is 45.9 Å². The number of pyridine rings is 2. The summed E-state index contributed by atoms with van der Waals surface area (Å²) < 4.78 is 19.7. The molecule has 1 aliphatic heterocycles. The number of carbonyl (C=O) groups excluding carboxylic acids is 1. The monoisotopic (exact) mass is 636 g/mol. The van der Waals surface area contributed by atoms with Gasteiger partial charge in [0.2, 0.25) is 5.91 Å². The lowest BCUT2D eigenvalue weighted by Gasteiger charge is -2.28. The minimum atomic E-state index is -1.28. The van der Waals surface area contributed by atoms with E-state index in [0.717, 1.165) is 43.6 Å². The average Bonchev–Trinajstić information content (AvgIpc) is 3.29. The molecule has 10 nitrogen and oxygen atoms in total. The Morgan fingerprint density at radius 1 is 1.09 bits per heavy atom. The van der Waals surface area contributed by atoms with Crippen LogP contribution in [0.3, 0.4) is 0 Å². The van der Waals surface area contributed by atoms with Crippen molar-refractivity contribution >= 4 is 42.4 Å². The van der Waals surface area contributed by atoms with Gasteiger partial charge in [-0.2, -0.15) is 4.98 Å². The highest BCUT2D eigenvalue weighted by Crippen LogP contribution is 2.33. The smallest absolute Gasteiger partial charge is 0.306 e. The van der Waals surface area contributed by atoms with Gasteiger partial charge in [-0.25, -0.2) is 4.98 Å². The standard InChI is InChI=1S/C32H41ClN6O4Si/c1-22(40)37-32(2,3)28-12-11-25(20-34-28)43-31-35-27-19-26(33)29(36-30(27)39(31)21-42-17-18-44(4,5)6)23-7-9-24(10-8-23)38-13-15-41-16-14-38/h7-12,19-20H,13-18,21H2,1-6H3,(H,37,40). The Morgan fingerprint density at radius 3 is 2.45 bits per heavy atom. The van der Waals surface area contributed by atoms with Crippen molar-refractivity contribution in [3.8, 4) is 23.0 Å². The lowest BCUT2D eigenvalue weighted by Crippen LogP contribution is -2.40. The Balaban J connectivity index is 1.45. The second kappa shape index (κ2) is 13.2. The van der Waals surface area contributed by atoms with Crippen LogP contribution in [0.1, 0.15) is 26.5 Å². The van der Waals surface area contributed by atoms with Crippen LogP contribution < -0.4 is 15.0 Å². The van der Waals surface area contributed by atoms with Crippen molar-refractivity contribution in [1.29, 1.82) is 0 Å². The second-order valence-electron chi connectivity index (χ2n) is 12.8. The molecule has 1 N–H and O–H groups in total. The molecule has 0 bridgehead atoms. The number of imidazole rings is 1. The highest BCUT2D eigenvalue weighted by Gasteiger charge is 2.24. The first-order valence-electron chi connectivity index (χ1n) is 14.9. The van der Waals surface area contributed by atoms with Crippen molar-refractivity contribution in [2.75, 3.05) is 37.8 Å². The zero-order valence-corrected chi connectivity index (χ0v) is 28.1. The Hall–Kier alpha value is -3.51. The summed E-state index contributed by atoms with van der Waals surface area (Å²) in [6, 6.07) is 15.1. The number of amides is 1. The topological polar surface area (TPSA) is 104 Å². The lowest BCUT2D eigenvalue weighted by atomic mass is 10.00. The van der Waals surface area contributed by atoms with E-state index in [4.69, 9.17) is 35.8 Å². The van der Waals surface area contributed by atoms with E-state index < -0.39 is 13.6 Å². The summed E-state index contributed by atoms with van der Waals surface area (Å²) in [7, 11) is -1.28. The fourth-order valence-corrected chi connectivity index (χ4v) is 6.02. The number of nitrogens with zero attached hydrogens (tertiary/aromatic N) is 5. The van der Waals surface area contributed by atoms with Gasteiger partial charge in [-0.3, -0.25) is 14.3 Å². The average molecular weight is 637 g/mol. The van der Waals surface area contributed by atoms with Crippen LogP contribution >= 0.6 is 11.6 Å². The van der Waals surface area contributed by atoms with E-state index in [1.807, 2.05) is 48.7 Å². The number of hydrogen-bond acceptors (Lipinski definition) is 8. The number of halogens is 1. The van der Waals surface area contributed by atoms with Crippen molar-refractivity contribution in [3.63, 3.8) is 0 Å². The van der Waals surface area contributed by atoms with Crippen LogP contribution in [-0.2, 0) is 26.5 Å². The highest BCUT2D eigenvalue weighted by molar-refractivity contribution is 6.76. The number of carbonyl (C=O) groups is 1. The number of fused-ring (bicyclic) bond motifs is 1. The quantitative estimate of drug-likeness (QED) is 0.148. The van der Waals surface area contributed by atoms with Crippen molar-refractivity contribution in [2.24, 2.45) is 0 Å². The Kier molecular flexibility index (Phi) is 9.59. The molecule has 1 saturated heterocycles. The molecule has 0 spiro atoms. The number of nitrogens with one attached hydrogen (secondary N) is 1. The zero-order chi connectivity index (χ0) is 31.5. The van der Waals surface area contributed by atoms with Gasteiger partial charge in [0.15, 0.2) is 5.65 Å². The van der Waals surface area contributed by atoms with E-state index >= 15 is 0 Å². The van der Waals surface area contributed by atoms with Gasteiger partial charge in [-0.1, -0.05) is 43.4 Å². The molecule has 234 valence electrons. The fraction of sp³-hybridized carbons (Fsp3) is 0.438. The maximum absolute atomic E-state index is 11.6. The van der Waals surface area contributed by atoms with E-state index in [1.54, 1.807) is 6.20 Å². The van der Waals surface area contributed by atoms with Gasteiger partial charge in [-0.15, -0.1) is 0 Å². The highest BCUT2D eigenvalue weighted by atomic mass is 35.5. The second-order valence-corrected chi connectivity index (χ2v) is 18.8. The maximum Gasteiger partial charge on any atom is 0.306 e. The van der Waals surface area contributed by atoms with Crippen molar-refractivity contribution in [1.82, 2.24) is 24.8 Å².